The van der Waals surface area contributed by atoms with Crippen molar-refractivity contribution >= 4 is 28.7 Å². The van der Waals surface area contributed by atoms with E-state index in [1.54, 1.807) is 19.1 Å². The summed E-state index contributed by atoms with van der Waals surface area (Å²) in [7, 11) is 0. The first-order chi connectivity index (χ1) is 14.3. The highest BCUT2D eigenvalue weighted by atomic mass is 16.3. The zero-order valence-electron chi connectivity index (χ0n) is 17.2. The van der Waals surface area contributed by atoms with Crippen LogP contribution in [0.4, 0.5) is 4.79 Å². The largest absolute Gasteiger partial charge is 0.458 e. The summed E-state index contributed by atoms with van der Waals surface area (Å²) in [6.45, 7) is 5.21. The fraction of sp³-hybridized carbons (Fsp3) is 0.348. The van der Waals surface area contributed by atoms with Crippen molar-refractivity contribution in [3.8, 4) is 0 Å². The van der Waals surface area contributed by atoms with E-state index in [1.165, 1.54) is 0 Å². The van der Waals surface area contributed by atoms with Gasteiger partial charge in [-0.2, -0.15) is 0 Å². The van der Waals surface area contributed by atoms with Crippen LogP contribution >= 0.6 is 0 Å². The van der Waals surface area contributed by atoms with E-state index in [2.05, 4.69) is 9.88 Å². The minimum atomic E-state index is -1.35. The lowest BCUT2D eigenvalue weighted by Gasteiger charge is -2.18. The minimum absolute atomic E-state index is 0.243. The number of urea groups is 1. The van der Waals surface area contributed by atoms with Gasteiger partial charge in [0.1, 0.15) is 11.3 Å². The summed E-state index contributed by atoms with van der Waals surface area (Å²) in [6, 6.07) is 10.9. The lowest BCUT2D eigenvalue weighted by molar-refractivity contribution is -0.131. The number of aromatic nitrogens is 1. The molecule has 7 nitrogen and oxygen atoms in total. The van der Waals surface area contributed by atoms with Gasteiger partial charge in [-0.05, 0) is 51.8 Å². The fourth-order valence-corrected chi connectivity index (χ4v) is 4.42. The average Bonchev–Trinajstić information content (AvgIpc) is 3.30. The van der Waals surface area contributed by atoms with Crippen molar-refractivity contribution in [3.63, 3.8) is 0 Å². The van der Waals surface area contributed by atoms with Crippen molar-refractivity contribution < 1.29 is 18.8 Å². The Kier molecular flexibility index (Phi) is 3.93. The average molecular weight is 405 g/mol. The standard InChI is InChI=1S/C23H23N3O4/c1-13-10-17(14(2)26(13)16-8-9-16)18(27)12-25-21(28)23(3,24-22(25)29)20-11-15-6-4-5-7-19(15)30-20/h4-7,10-11,16H,8-9,12H2,1-3H3,(H,24,29). The van der Waals surface area contributed by atoms with E-state index in [9.17, 15) is 14.4 Å². The first kappa shape index (κ1) is 18.7. The zero-order chi connectivity index (χ0) is 21.2. The van der Waals surface area contributed by atoms with E-state index >= 15 is 0 Å². The molecule has 7 heteroatoms. The second-order valence-corrected chi connectivity index (χ2v) is 8.40. The Morgan fingerprint density at radius 1 is 1.20 bits per heavy atom. The third-order valence-electron chi connectivity index (χ3n) is 6.19. The van der Waals surface area contributed by atoms with E-state index < -0.39 is 17.5 Å². The summed E-state index contributed by atoms with van der Waals surface area (Å²) in [4.78, 5) is 39.8. The summed E-state index contributed by atoms with van der Waals surface area (Å²) in [5, 5.41) is 3.56. The third kappa shape index (κ3) is 2.69. The molecule has 0 radical (unpaired) electrons. The molecule has 0 bridgehead atoms. The van der Waals surface area contributed by atoms with Gasteiger partial charge >= 0.3 is 6.03 Å². The molecule has 5 rings (SSSR count). The van der Waals surface area contributed by atoms with Crippen molar-refractivity contribution in [2.75, 3.05) is 6.54 Å². The summed E-state index contributed by atoms with van der Waals surface area (Å²) in [5.74, 6) is -0.382. The molecule has 1 aliphatic carbocycles. The Morgan fingerprint density at radius 2 is 1.93 bits per heavy atom. The molecule has 2 aromatic heterocycles. The van der Waals surface area contributed by atoms with Crippen molar-refractivity contribution in [1.82, 2.24) is 14.8 Å². The van der Waals surface area contributed by atoms with Gasteiger partial charge in [0.15, 0.2) is 11.3 Å². The van der Waals surface area contributed by atoms with E-state index in [0.717, 1.165) is 34.5 Å². The van der Waals surface area contributed by atoms with E-state index in [0.29, 0.717) is 22.9 Å². The van der Waals surface area contributed by atoms with Crippen molar-refractivity contribution in [2.24, 2.45) is 0 Å². The number of benzene rings is 1. The molecule has 1 saturated heterocycles. The first-order valence-electron chi connectivity index (χ1n) is 10.1. The van der Waals surface area contributed by atoms with Crippen LogP contribution in [0.5, 0.6) is 0 Å². The number of hydrogen-bond donors (Lipinski definition) is 1. The number of ketones is 1. The van der Waals surface area contributed by atoms with Crippen LogP contribution in [0, 0.1) is 13.8 Å². The van der Waals surface area contributed by atoms with Crippen LogP contribution in [0.15, 0.2) is 40.8 Å². The van der Waals surface area contributed by atoms with Gasteiger partial charge in [-0.3, -0.25) is 14.5 Å². The Labute approximate surface area is 173 Å². The van der Waals surface area contributed by atoms with Crippen molar-refractivity contribution in [3.05, 3.63) is 59.1 Å². The van der Waals surface area contributed by atoms with Crippen LogP contribution in [0.25, 0.3) is 11.0 Å². The zero-order valence-corrected chi connectivity index (χ0v) is 17.2. The van der Waals surface area contributed by atoms with Crippen LogP contribution in [0.3, 0.4) is 0 Å². The maximum atomic E-state index is 13.2. The molecule has 3 amide bonds. The maximum absolute atomic E-state index is 13.2. The predicted molar refractivity (Wildman–Crippen MR) is 110 cm³/mol. The van der Waals surface area contributed by atoms with Gasteiger partial charge < -0.3 is 14.3 Å². The Bertz CT molecular complexity index is 1180. The number of hydrogen-bond acceptors (Lipinski definition) is 4. The number of carbonyl (C=O) groups excluding carboxylic acids is 3. The number of nitrogens with zero attached hydrogens (tertiary/aromatic N) is 2. The second kappa shape index (κ2) is 6.32. The Morgan fingerprint density at radius 3 is 2.63 bits per heavy atom. The number of rotatable bonds is 5. The first-order valence-corrected chi connectivity index (χ1v) is 10.1. The Hall–Kier alpha value is -3.35. The third-order valence-corrected chi connectivity index (χ3v) is 6.19. The molecule has 0 spiro atoms. The number of Topliss-reactive ketones (excluding diaryl/α,β-unsaturated/α-hetero) is 1. The van der Waals surface area contributed by atoms with Crippen LogP contribution in [0.2, 0.25) is 0 Å². The topological polar surface area (TPSA) is 84.6 Å². The summed E-state index contributed by atoms with van der Waals surface area (Å²) in [5.41, 5.74) is 1.78. The van der Waals surface area contributed by atoms with Gasteiger partial charge in [-0.25, -0.2) is 4.79 Å². The van der Waals surface area contributed by atoms with Gasteiger partial charge in [0.2, 0.25) is 0 Å². The van der Waals surface area contributed by atoms with Crippen molar-refractivity contribution in [1.29, 1.82) is 0 Å². The number of aryl methyl sites for hydroxylation is 1. The van der Waals surface area contributed by atoms with Gasteiger partial charge in [0, 0.05) is 28.4 Å². The van der Waals surface area contributed by atoms with Crippen LogP contribution in [-0.4, -0.2) is 33.7 Å². The molecular weight excluding hydrogens is 382 g/mol. The highest BCUT2D eigenvalue weighted by Crippen LogP contribution is 2.38. The molecule has 1 aliphatic heterocycles. The molecule has 1 aromatic carbocycles. The molecule has 3 aromatic rings. The SMILES string of the molecule is Cc1cc(C(=O)CN2C(=O)NC(C)(c3cc4ccccc4o3)C2=O)c(C)n1C1CC1. The highest BCUT2D eigenvalue weighted by Gasteiger charge is 2.51. The van der Waals surface area contributed by atoms with E-state index in [-0.39, 0.29) is 12.3 Å². The lowest BCUT2D eigenvalue weighted by atomic mass is 9.98. The molecule has 2 aliphatic rings. The molecule has 1 saturated carbocycles. The van der Waals surface area contributed by atoms with Gasteiger partial charge in [0.05, 0.1) is 6.54 Å². The normalized spacial score (nSPS) is 21.5. The molecule has 30 heavy (non-hydrogen) atoms. The minimum Gasteiger partial charge on any atom is -0.458 e. The molecule has 1 atom stereocenters. The molecular formula is C23H23N3O4. The molecule has 154 valence electrons. The monoisotopic (exact) mass is 405 g/mol. The molecule has 1 N–H and O–H groups in total. The van der Waals surface area contributed by atoms with Crippen molar-refractivity contribution in [2.45, 2.75) is 45.2 Å². The molecule has 1 unspecified atom stereocenters. The summed E-state index contributed by atoms with van der Waals surface area (Å²) >= 11 is 0. The number of furan rings is 1. The number of para-hydroxylation sites is 1. The van der Waals surface area contributed by atoms with Gasteiger partial charge in [-0.15, -0.1) is 0 Å². The van der Waals surface area contributed by atoms with E-state index in [4.69, 9.17) is 4.42 Å². The lowest BCUT2D eigenvalue weighted by Crippen LogP contribution is -2.41. The Balaban J connectivity index is 1.42. The fourth-order valence-electron chi connectivity index (χ4n) is 4.42. The number of amides is 3. The number of imide groups is 1. The van der Waals surface area contributed by atoms with Crippen LogP contribution in [-0.2, 0) is 10.3 Å². The quantitative estimate of drug-likeness (QED) is 0.516. The predicted octanol–water partition coefficient (Wildman–Crippen LogP) is 3.84. The summed E-state index contributed by atoms with van der Waals surface area (Å²) < 4.78 is 8.01. The maximum Gasteiger partial charge on any atom is 0.325 e. The smallest absolute Gasteiger partial charge is 0.325 e. The summed E-state index contributed by atoms with van der Waals surface area (Å²) in [6.07, 6.45) is 2.24. The molecule has 3 heterocycles. The number of fused-ring (bicyclic) bond motifs is 1. The van der Waals surface area contributed by atoms with Gasteiger partial charge in [-0.1, -0.05) is 18.2 Å². The highest BCUT2D eigenvalue weighted by molar-refractivity contribution is 6.11. The number of nitrogens with one attached hydrogen (secondary N) is 1. The van der Waals surface area contributed by atoms with Gasteiger partial charge in [0.25, 0.3) is 5.91 Å². The van der Waals surface area contributed by atoms with Crippen LogP contribution in [0.1, 0.15) is 53.3 Å². The van der Waals surface area contributed by atoms with E-state index in [1.807, 2.05) is 38.1 Å². The van der Waals surface area contributed by atoms with Crippen LogP contribution < -0.4 is 5.32 Å². The molecule has 2 fully saturated rings. The second-order valence-electron chi connectivity index (χ2n) is 8.40. The number of carbonyl (C=O) groups is 3.